The number of rotatable bonds is 7. The molecule has 0 heterocycles. The molecule has 130 valence electrons. The summed E-state index contributed by atoms with van der Waals surface area (Å²) in [5.41, 5.74) is 0.877. The highest BCUT2D eigenvalue weighted by Crippen LogP contribution is 2.35. The molecule has 1 unspecified atom stereocenters. The van der Waals surface area contributed by atoms with Crippen LogP contribution in [0.1, 0.15) is 11.7 Å². The van der Waals surface area contributed by atoms with Gasteiger partial charge in [-0.3, -0.25) is 0 Å². The lowest BCUT2D eigenvalue weighted by molar-refractivity contribution is 0.107. The van der Waals surface area contributed by atoms with Gasteiger partial charge in [-0.2, -0.15) is 0 Å². The van der Waals surface area contributed by atoms with E-state index in [9.17, 15) is 8.42 Å². The monoisotopic (exact) mass is 433 g/mol. The molecule has 0 spiro atoms. The van der Waals surface area contributed by atoms with Crippen LogP contribution in [0.4, 0.5) is 0 Å². The second-order valence-corrected chi connectivity index (χ2v) is 7.93. The van der Waals surface area contributed by atoms with Crippen LogP contribution in [0.3, 0.4) is 0 Å². The van der Waals surface area contributed by atoms with E-state index in [4.69, 9.17) is 21.1 Å². The molecule has 0 bridgehead atoms. The van der Waals surface area contributed by atoms with Crippen molar-refractivity contribution >= 4 is 37.6 Å². The van der Waals surface area contributed by atoms with Crippen molar-refractivity contribution in [3.63, 3.8) is 0 Å². The molecule has 0 amide bonds. The number of methoxy groups -OCH3 is 2. The van der Waals surface area contributed by atoms with Crippen LogP contribution < -0.4 is 9.46 Å². The first-order valence-electron chi connectivity index (χ1n) is 6.99. The second kappa shape index (κ2) is 8.31. The highest BCUT2D eigenvalue weighted by atomic mass is 79.9. The minimum atomic E-state index is -3.83. The van der Waals surface area contributed by atoms with Gasteiger partial charge in [-0.15, -0.1) is 0 Å². The summed E-state index contributed by atoms with van der Waals surface area (Å²) in [6, 6.07) is 12.3. The summed E-state index contributed by atoms with van der Waals surface area (Å²) in [6.07, 6.45) is -0.408. The van der Waals surface area contributed by atoms with Gasteiger partial charge in [0.15, 0.2) is 5.75 Å². The first-order chi connectivity index (χ1) is 11.4. The van der Waals surface area contributed by atoms with Crippen LogP contribution in [0.2, 0.25) is 5.02 Å². The Balaban J connectivity index is 2.26. The van der Waals surface area contributed by atoms with Crippen LogP contribution in [0, 0.1) is 0 Å². The number of benzene rings is 2. The fourth-order valence-corrected chi connectivity index (χ4v) is 4.62. The molecular formula is C16H17BrClNO4S. The molecule has 0 fully saturated rings. The third-order valence-electron chi connectivity index (χ3n) is 3.38. The predicted molar refractivity (Wildman–Crippen MR) is 97.1 cm³/mol. The van der Waals surface area contributed by atoms with Gasteiger partial charge in [-0.1, -0.05) is 41.9 Å². The molecular weight excluding hydrogens is 418 g/mol. The zero-order valence-electron chi connectivity index (χ0n) is 13.1. The zero-order valence-corrected chi connectivity index (χ0v) is 16.3. The Labute approximate surface area is 155 Å². The van der Waals surface area contributed by atoms with E-state index in [1.165, 1.54) is 20.3 Å². The summed E-state index contributed by atoms with van der Waals surface area (Å²) in [4.78, 5) is -0.0349. The van der Waals surface area contributed by atoms with Crippen molar-refractivity contribution in [2.24, 2.45) is 0 Å². The van der Waals surface area contributed by atoms with Crippen LogP contribution >= 0.6 is 27.5 Å². The lowest BCUT2D eigenvalue weighted by Gasteiger charge is -2.18. The van der Waals surface area contributed by atoms with Gasteiger partial charge in [-0.25, -0.2) is 13.1 Å². The highest BCUT2D eigenvalue weighted by Gasteiger charge is 2.24. The molecule has 1 atom stereocenters. The minimum Gasteiger partial charge on any atom is -0.494 e. The lowest BCUT2D eigenvalue weighted by Crippen LogP contribution is -2.29. The Kier molecular flexibility index (Phi) is 6.65. The lowest BCUT2D eigenvalue weighted by atomic mass is 10.1. The molecule has 5 nitrogen and oxygen atoms in total. The summed E-state index contributed by atoms with van der Waals surface area (Å²) < 4.78 is 38.8. The van der Waals surface area contributed by atoms with E-state index in [2.05, 4.69) is 20.7 Å². The maximum atomic E-state index is 12.6. The second-order valence-electron chi connectivity index (χ2n) is 4.91. The summed E-state index contributed by atoms with van der Waals surface area (Å²) in [6.45, 7) is 0.0795. The topological polar surface area (TPSA) is 64.6 Å². The third kappa shape index (κ3) is 4.49. The van der Waals surface area contributed by atoms with Crippen molar-refractivity contribution in [1.29, 1.82) is 0 Å². The van der Waals surface area contributed by atoms with Crippen molar-refractivity contribution in [1.82, 2.24) is 4.72 Å². The Bertz CT molecular complexity index is 799. The quantitative estimate of drug-likeness (QED) is 0.720. The average molecular weight is 435 g/mol. The van der Waals surface area contributed by atoms with Crippen LogP contribution in [-0.4, -0.2) is 29.2 Å². The Morgan fingerprint density at radius 1 is 1.21 bits per heavy atom. The van der Waals surface area contributed by atoms with Crippen molar-refractivity contribution in [3.05, 3.63) is 57.5 Å². The van der Waals surface area contributed by atoms with Gasteiger partial charge in [-0.05, 0) is 33.6 Å². The van der Waals surface area contributed by atoms with E-state index in [1.807, 2.05) is 30.3 Å². The van der Waals surface area contributed by atoms with Gasteiger partial charge in [0.25, 0.3) is 0 Å². The smallest absolute Gasteiger partial charge is 0.244 e. The van der Waals surface area contributed by atoms with Gasteiger partial charge in [0.05, 0.1) is 17.7 Å². The van der Waals surface area contributed by atoms with E-state index >= 15 is 0 Å². The van der Waals surface area contributed by atoms with Crippen molar-refractivity contribution in [2.45, 2.75) is 11.0 Å². The van der Waals surface area contributed by atoms with E-state index in [0.717, 1.165) is 5.56 Å². The summed E-state index contributed by atoms with van der Waals surface area (Å²) in [5.74, 6) is 0.195. The fraction of sp³-hybridized carbons (Fsp3) is 0.250. The molecule has 0 saturated carbocycles. The standard InChI is InChI=1S/C16H17BrClNO4S/c1-22-14(11-6-4-3-5-7-11)10-19-24(20,21)15-9-12(18)8-13(17)16(15)23-2/h3-9,14,19H,10H2,1-2H3. The molecule has 0 aromatic heterocycles. The van der Waals surface area contributed by atoms with E-state index in [0.29, 0.717) is 4.47 Å². The molecule has 0 saturated heterocycles. The number of hydrogen-bond donors (Lipinski definition) is 1. The van der Waals surface area contributed by atoms with Crippen LogP contribution in [0.5, 0.6) is 5.75 Å². The summed E-state index contributed by atoms with van der Waals surface area (Å²) in [5, 5.41) is 0.286. The molecule has 2 rings (SSSR count). The third-order valence-corrected chi connectivity index (χ3v) is 5.62. The van der Waals surface area contributed by atoms with Crippen molar-refractivity contribution in [3.8, 4) is 5.75 Å². The number of hydrogen-bond acceptors (Lipinski definition) is 4. The molecule has 2 aromatic rings. The maximum absolute atomic E-state index is 12.6. The summed E-state index contributed by atoms with van der Waals surface area (Å²) in [7, 11) is -0.903. The molecule has 24 heavy (non-hydrogen) atoms. The van der Waals surface area contributed by atoms with E-state index in [1.54, 1.807) is 6.07 Å². The fourth-order valence-electron chi connectivity index (χ4n) is 2.20. The molecule has 0 aliphatic rings. The Morgan fingerprint density at radius 2 is 1.88 bits per heavy atom. The van der Waals surface area contributed by atoms with Crippen LogP contribution in [0.15, 0.2) is 51.8 Å². The summed E-state index contributed by atoms with van der Waals surface area (Å²) >= 11 is 9.22. The van der Waals surface area contributed by atoms with Crippen molar-refractivity contribution in [2.75, 3.05) is 20.8 Å². The number of nitrogens with one attached hydrogen (secondary N) is 1. The average Bonchev–Trinajstić information content (AvgIpc) is 2.55. The van der Waals surface area contributed by atoms with Crippen molar-refractivity contribution < 1.29 is 17.9 Å². The number of ether oxygens (including phenoxy) is 2. The minimum absolute atomic E-state index is 0.0349. The van der Waals surface area contributed by atoms with E-state index in [-0.39, 0.29) is 22.2 Å². The molecule has 1 N–H and O–H groups in total. The Hall–Kier alpha value is -1.12. The van der Waals surface area contributed by atoms with Crippen LogP contribution in [0.25, 0.3) is 0 Å². The molecule has 0 aliphatic heterocycles. The molecule has 0 aliphatic carbocycles. The van der Waals surface area contributed by atoms with Gasteiger partial charge < -0.3 is 9.47 Å². The highest BCUT2D eigenvalue weighted by molar-refractivity contribution is 9.10. The van der Waals surface area contributed by atoms with Crippen LogP contribution in [-0.2, 0) is 14.8 Å². The number of sulfonamides is 1. The van der Waals surface area contributed by atoms with Gasteiger partial charge in [0, 0.05) is 18.7 Å². The van der Waals surface area contributed by atoms with Gasteiger partial charge >= 0.3 is 0 Å². The molecule has 8 heteroatoms. The maximum Gasteiger partial charge on any atom is 0.244 e. The predicted octanol–water partition coefficient (Wildman–Crippen LogP) is 3.78. The SMILES string of the molecule is COc1c(Br)cc(Cl)cc1S(=O)(=O)NCC(OC)c1ccccc1. The zero-order chi connectivity index (χ0) is 17.7. The molecule has 0 radical (unpaired) electrons. The van der Waals surface area contributed by atoms with E-state index < -0.39 is 16.1 Å². The largest absolute Gasteiger partial charge is 0.494 e. The number of halogens is 2. The van der Waals surface area contributed by atoms with Gasteiger partial charge in [0.1, 0.15) is 4.90 Å². The normalized spacial score (nSPS) is 12.8. The Morgan fingerprint density at radius 3 is 2.46 bits per heavy atom. The molecule has 2 aromatic carbocycles. The first kappa shape index (κ1) is 19.2. The van der Waals surface area contributed by atoms with Gasteiger partial charge in [0.2, 0.25) is 10.0 Å². The first-order valence-corrected chi connectivity index (χ1v) is 9.65.